The first-order valence-electron chi connectivity index (χ1n) is 10.5. The van der Waals surface area contributed by atoms with Gasteiger partial charge in [-0.25, -0.2) is 4.98 Å². The molecule has 1 aromatic heterocycles. The maximum atomic E-state index is 13.3. The number of anilines is 1. The van der Waals surface area contributed by atoms with Crippen LogP contribution in [0.5, 0.6) is 0 Å². The van der Waals surface area contributed by atoms with E-state index in [-0.39, 0.29) is 23.8 Å². The first kappa shape index (κ1) is 19.6. The van der Waals surface area contributed by atoms with Crippen LogP contribution in [-0.4, -0.2) is 52.8 Å². The number of hydrogen-bond donors (Lipinski definition) is 1. The fraction of sp³-hybridized carbons (Fsp3) is 0.435. The Labute approximate surface area is 171 Å². The van der Waals surface area contributed by atoms with Crippen molar-refractivity contribution in [1.29, 1.82) is 0 Å². The highest BCUT2D eigenvalue weighted by atomic mass is 16.2. The van der Waals surface area contributed by atoms with Crippen molar-refractivity contribution in [3.63, 3.8) is 0 Å². The number of piperidine rings is 1. The lowest BCUT2D eigenvalue weighted by Crippen LogP contribution is -2.46. The Morgan fingerprint density at radius 2 is 1.62 bits per heavy atom. The fourth-order valence-corrected chi connectivity index (χ4v) is 4.34. The van der Waals surface area contributed by atoms with E-state index in [1.54, 1.807) is 12.3 Å². The Morgan fingerprint density at radius 1 is 0.931 bits per heavy atom. The van der Waals surface area contributed by atoms with Crippen LogP contribution in [0.15, 0.2) is 54.7 Å². The molecule has 2 aromatic rings. The van der Waals surface area contributed by atoms with Crippen LogP contribution in [-0.2, 0) is 9.59 Å². The van der Waals surface area contributed by atoms with Crippen molar-refractivity contribution in [1.82, 2.24) is 14.8 Å². The number of rotatable bonds is 5. The lowest BCUT2D eigenvalue weighted by molar-refractivity contribution is -0.137. The molecule has 0 aliphatic carbocycles. The number of nitrogens with zero attached hydrogens (tertiary/aromatic N) is 3. The number of hydrogen-bond acceptors (Lipinski definition) is 4. The van der Waals surface area contributed by atoms with Gasteiger partial charge in [0, 0.05) is 25.2 Å². The third-order valence-corrected chi connectivity index (χ3v) is 5.95. The zero-order chi connectivity index (χ0) is 20.1. The highest BCUT2D eigenvalue weighted by Crippen LogP contribution is 2.30. The molecule has 1 aromatic carbocycles. The molecule has 3 heterocycles. The summed E-state index contributed by atoms with van der Waals surface area (Å²) in [5, 5.41) is 2.91. The lowest BCUT2D eigenvalue weighted by Gasteiger charge is -2.38. The van der Waals surface area contributed by atoms with Gasteiger partial charge in [0.15, 0.2) is 0 Å². The predicted octanol–water partition coefficient (Wildman–Crippen LogP) is 3.10. The van der Waals surface area contributed by atoms with Gasteiger partial charge < -0.3 is 10.2 Å². The average Bonchev–Trinajstić information content (AvgIpc) is 3.31. The quantitative estimate of drug-likeness (QED) is 0.849. The summed E-state index contributed by atoms with van der Waals surface area (Å²) in [6, 6.07) is 15.3. The van der Waals surface area contributed by atoms with Crippen molar-refractivity contribution in [2.75, 3.05) is 31.5 Å². The van der Waals surface area contributed by atoms with E-state index in [0.29, 0.717) is 5.82 Å². The molecule has 2 fully saturated rings. The summed E-state index contributed by atoms with van der Waals surface area (Å²) in [5.41, 5.74) is 1.04. The monoisotopic (exact) mass is 392 g/mol. The molecular formula is C23H28N4O2. The molecule has 6 nitrogen and oxygen atoms in total. The van der Waals surface area contributed by atoms with E-state index in [1.165, 1.54) is 0 Å². The Kier molecular flexibility index (Phi) is 6.20. The predicted molar refractivity (Wildman–Crippen MR) is 112 cm³/mol. The third kappa shape index (κ3) is 4.65. The zero-order valence-electron chi connectivity index (χ0n) is 16.7. The van der Waals surface area contributed by atoms with Crippen molar-refractivity contribution < 1.29 is 9.59 Å². The molecule has 2 aliphatic rings. The second kappa shape index (κ2) is 9.18. The van der Waals surface area contributed by atoms with Crippen LogP contribution in [0, 0.1) is 5.92 Å². The van der Waals surface area contributed by atoms with Crippen molar-refractivity contribution >= 4 is 17.6 Å². The van der Waals surface area contributed by atoms with Crippen LogP contribution in [0.4, 0.5) is 5.82 Å². The van der Waals surface area contributed by atoms with Crippen molar-refractivity contribution in [3.05, 3.63) is 60.3 Å². The summed E-state index contributed by atoms with van der Waals surface area (Å²) in [6.45, 7) is 3.18. The van der Waals surface area contributed by atoms with Gasteiger partial charge >= 0.3 is 0 Å². The van der Waals surface area contributed by atoms with Gasteiger partial charge in [-0.15, -0.1) is 0 Å². The van der Waals surface area contributed by atoms with Crippen molar-refractivity contribution in [2.24, 2.45) is 5.92 Å². The smallest absolute Gasteiger partial charge is 0.244 e. The maximum Gasteiger partial charge on any atom is 0.244 e. The second-order valence-electron chi connectivity index (χ2n) is 7.86. The number of aromatic nitrogens is 1. The summed E-state index contributed by atoms with van der Waals surface area (Å²) in [4.78, 5) is 34.3. The van der Waals surface area contributed by atoms with Crippen molar-refractivity contribution in [3.8, 4) is 0 Å². The summed E-state index contributed by atoms with van der Waals surface area (Å²) in [6.07, 6.45) is 5.34. The summed E-state index contributed by atoms with van der Waals surface area (Å²) in [5.74, 6) is 0.758. The van der Waals surface area contributed by atoms with Gasteiger partial charge in [-0.3, -0.25) is 14.5 Å². The lowest BCUT2D eigenvalue weighted by atomic mass is 9.93. The Hall–Kier alpha value is -2.73. The molecule has 0 bridgehead atoms. The van der Waals surface area contributed by atoms with Gasteiger partial charge in [0.2, 0.25) is 11.8 Å². The second-order valence-corrected chi connectivity index (χ2v) is 7.86. The third-order valence-electron chi connectivity index (χ3n) is 5.95. The minimum absolute atomic E-state index is 0.0190. The van der Waals surface area contributed by atoms with E-state index in [1.807, 2.05) is 47.4 Å². The van der Waals surface area contributed by atoms with E-state index < -0.39 is 0 Å². The van der Waals surface area contributed by atoms with Gasteiger partial charge in [0.05, 0.1) is 0 Å². The normalized spacial score (nSPS) is 19.1. The number of benzene rings is 1. The largest absolute Gasteiger partial charge is 0.341 e. The van der Waals surface area contributed by atoms with Crippen LogP contribution < -0.4 is 5.32 Å². The highest BCUT2D eigenvalue weighted by molar-refractivity contribution is 5.91. The Morgan fingerprint density at radius 3 is 2.28 bits per heavy atom. The zero-order valence-corrected chi connectivity index (χ0v) is 16.7. The Bertz CT molecular complexity index is 813. The van der Waals surface area contributed by atoms with Gasteiger partial charge in [0.1, 0.15) is 11.9 Å². The van der Waals surface area contributed by atoms with E-state index in [9.17, 15) is 9.59 Å². The molecule has 0 spiro atoms. The number of carbonyl (C=O) groups is 2. The molecule has 2 saturated heterocycles. The van der Waals surface area contributed by atoms with Gasteiger partial charge in [-0.1, -0.05) is 36.4 Å². The highest BCUT2D eigenvalue weighted by Gasteiger charge is 2.35. The Balaban J connectivity index is 1.42. The topological polar surface area (TPSA) is 65.5 Å². The van der Waals surface area contributed by atoms with Gasteiger partial charge in [-0.2, -0.15) is 0 Å². The molecule has 2 amide bonds. The van der Waals surface area contributed by atoms with Crippen LogP contribution in [0.25, 0.3) is 0 Å². The first-order valence-corrected chi connectivity index (χ1v) is 10.5. The molecule has 0 saturated carbocycles. The first-order chi connectivity index (χ1) is 14.2. The molecule has 2 aliphatic heterocycles. The summed E-state index contributed by atoms with van der Waals surface area (Å²) in [7, 11) is 0. The van der Waals surface area contributed by atoms with E-state index in [4.69, 9.17) is 0 Å². The van der Waals surface area contributed by atoms with Gasteiger partial charge in [0.25, 0.3) is 0 Å². The van der Waals surface area contributed by atoms with Crippen LogP contribution in [0.3, 0.4) is 0 Å². The summed E-state index contributed by atoms with van der Waals surface area (Å²) < 4.78 is 0. The number of nitrogens with one attached hydrogen (secondary N) is 1. The maximum absolute atomic E-state index is 13.3. The van der Waals surface area contributed by atoms with Gasteiger partial charge in [-0.05, 0) is 56.5 Å². The standard InChI is InChI=1S/C23H28N4O2/c28-22(25-20-10-4-5-13-24-20)19-11-16-26(17-12-19)21(18-8-2-1-3-9-18)23(29)27-14-6-7-15-27/h1-5,8-10,13,19,21H,6-7,11-12,14-17H2,(H,24,25,28). The van der Waals surface area contributed by atoms with Crippen molar-refractivity contribution in [2.45, 2.75) is 31.7 Å². The molecular weight excluding hydrogens is 364 g/mol. The SMILES string of the molecule is O=C(Nc1ccccn1)C1CCN(C(C(=O)N2CCCC2)c2ccccc2)CC1. The van der Waals surface area contributed by atoms with E-state index in [2.05, 4.69) is 15.2 Å². The number of carbonyl (C=O) groups excluding carboxylic acids is 2. The minimum Gasteiger partial charge on any atom is -0.341 e. The van der Waals surface area contributed by atoms with Crippen LogP contribution in [0.1, 0.15) is 37.3 Å². The van der Waals surface area contributed by atoms with Crippen LogP contribution in [0.2, 0.25) is 0 Å². The molecule has 4 rings (SSSR count). The number of likely N-dealkylation sites (tertiary alicyclic amines) is 2. The van der Waals surface area contributed by atoms with E-state index in [0.717, 1.165) is 57.4 Å². The number of amides is 2. The molecule has 1 atom stereocenters. The molecule has 6 heteroatoms. The van der Waals surface area contributed by atoms with Crippen LogP contribution >= 0.6 is 0 Å². The number of pyridine rings is 1. The summed E-state index contributed by atoms with van der Waals surface area (Å²) >= 11 is 0. The molecule has 29 heavy (non-hydrogen) atoms. The molecule has 1 N–H and O–H groups in total. The molecule has 0 radical (unpaired) electrons. The minimum atomic E-state index is -0.255. The molecule has 1 unspecified atom stereocenters. The fourth-order valence-electron chi connectivity index (χ4n) is 4.34. The van der Waals surface area contributed by atoms with E-state index >= 15 is 0 Å². The average molecular weight is 393 g/mol. The molecule has 152 valence electrons.